The predicted molar refractivity (Wildman–Crippen MR) is 90.1 cm³/mol. The third-order valence-corrected chi connectivity index (χ3v) is 4.70. The zero-order valence-corrected chi connectivity index (χ0v) is 14.3. The van der Waals surface area contributed by atoms with Crippen LogP contribution in [-0.4, -0.2) is 18.2 Å². The number of benzene rings is 2. The van der Waals surface area contributed by atoms with Gasteiger partial charge in [0.2, 0.25) is 10.0 Å². The van der Waals surface area contributed by atoms with E-state index < -0.39 is 32.3 Å². The minimum atomic E-state index is -4.81. The zero-order chi connectivity index (χ0) is 19.1. The normalized spacial score (nSPS) is 12.3. The van der Waals surface area contributed by atoms with Crippen molar-refractivity contribution in [2.45, 2.75) is 18.0 Å². The molecule has 0 aliphatic carbocycles. The molecule has 0 saturated carbocycles. The van der Waals surface area contributed by atoms with Gasteiger partial charge in [0.25, 0.3) is 0 Å². The van der Waals surface area contributed by atoms with Crippen molar-refractivity contribution in [1.29, 1.82) is 0 Å². The number of hydrogen-bond acceptors (Lipinski definition) is 3. The summed E-state index contributed by atoms with van der Waals surface area (Å²) in [7, 11) is -4.44. The number of hydrogen-bond donors (Lipinski definition) is 1. The van der Waals surface area contributed by atoms with Crippen LogP contribution in [0.3, 0.4) is 0 Å². The molecule has 0 bridgehead atoms. The van der Waals surface area contributed by atoms with Crippen LogP contribution in [0.25, 0.3) is 16.8 Å². The SMILES string of the molecule is Cc1cccc(-c2cc(C(F)(F)F)c(-n3cccn3)c(S(N)(=O)=O)c2)c1. The highest BCUT2D eigenvalue weighted by Gasteiger charge is 2.37. The Hall–Kier alpha value is -2.65. The summed E-state index contributed by atoms with van der Waals surface area (Å²) in [5.41, 5.74) is -0.386. The molecule has 136 valence electrons. The minimum Gasteiger partial charge on any atom is -0.239 e. The van der Waals surface area contributed by atoms with E-state index in [2.05, 4.69) is 5.10 Å². The Morgan fingerprint density at radius 3 is 2.35 bits per heavy atom. The zero-order valence-electron chi connectivity index (χ0n) is 13.5. The minimum absolute atomic E-state index is 0.0981. The lowest BCUT2D eigenvalue weighted by Gasteiger charge is -2.18. The molecule has 2 N–H and O–H groups in total. The molecular weight excluding hydrogens is 367 g/mol. The first kappa shape index (κ1) is 18.2. The number of sulfonamides is 1. The summed E-state index contributed by atoms with van der Waals surface area (Å²) in [6, 6.07) is 10.2. The summed E-state index contributed by atoms with van der Waals surface area (Å²) in [5, 5.41) is 8.96. The van der Waals surface area contributed by atoms with Crippen molar-refractivity contribution in [3.63, 3.8) is 0 Å². The Morgan fingerprint density at radius 1 is 1.08 bits per heavy atom. The second-order valence-electron chi connectivity index (χ2n) is 5.73. The van der Waals surface area contributed by atoms with E-state index in [-0.39, 0.29) is 5.56 Å². The van der Waals surface area contributed by atoms with E-state index in [1.807, 2.05) is 0 Å². The predicted octanol–water partition coefficient (Wildman–Crippen LogP) is 3.51. The maximum Gasteiger partial charge on any atom is 0.418 e. The molecule has 0 saturated heterocycles. The van der Waals surface area contributed by atoms with Crippen LogP contribution >= 0.6 is 0 Å². The fourth-order valence-corrected chi connectivity index (χ4v) is 3.43. The third kappa shape index (κ3) is 3.49. The van der Waals surface area contributed by atoms with Crippen LogP contribution in [0.2, 0.25) is 0 Å². The van der Waals surface area contributed by atoms with Crippen molar-refractivity contribution in [3.8, 4) is 16.8 Å². The van der Waals surface area contributed by atoms with Crippen molar-refractivity contribution in [2.75, 3.05) is 0 Å². The number of halogens is 3. The summed E-state index contributed by atoms with van der Waals surface area (Å²) < 4.78 is 66.1. The highest BCUT2D eigenvalue weighted by atomic mass is 32.2. The molecule has 0 aliphatic rings. The van der Waals surface area contributed by atoms with E-state index in [1.165, 1.54) is 18.5 Å². The van der Waals surface area contributed by atoms with Crippen LogP contribution in [0.5, 0.6) is 0 Å². The molecule has 3 rings (SSSR count). The Labute approximate surface area is 147 Å². The van der Waals surface area contributed by atoms with Crippen LogP contribution in [-0.2, 0) is 16.2 Å². The van der Waals surface area contributed by atoms with E-state index >= 15 is 0 Å². The van der Waals surface area contributed by atoms with Crippen molar-refractivity contribution < 1.29 is 21.6 Å². The van der Waals surface area contributed by atoms with Crippen molar-refractivity contribution in [1.82, 2.24) is 9.78 Å². The summed E-state index contributed by atoms with van der Waals surface area (Å²) in [6.45, 7) is 1.78. The second-order valence-corrected chi connectivity index (χ2v) is 7.26. The Bertz CT molecular complexity index is 1060. The Kier molecular flexibility index (Phi) is 4.37. The molecule has 3 aromatic rings. The average Bonchev–Trinajstić information content (AvgIpc) is 3.06. The van der Waals surface area contributed by atoms with E-state index in [0.29, 0.717) is 5.56 Å². The molecule has 0 unspecified atom stereocenters. The van der Waals surface area contributed by atoms with Gasteiger partial charge in [-0.3, -0.25) is 0 Å². The fourth-order valence-electron chi connectivity index (χ4n) is 2.67. The lowest BCUT2D eigenvalue weighted by molar-refractivity contribution is -0.137. The smallest absolute Gasteiger partial charge is 0.239 e. The molecule has 0 amide bonds. The van der Waals surface area contributed by atoms with Gasteiger partial charge in [-0.25, -0.2) is 18.2 Å². The van der Waals surface area contributed by atoms with Gasteiger partial charge >= 0.3 is 6.18 Å². The molecule has 5 nitrogen and oxygen atoms in total. The highest BCUT2D eigenvalue weighted by molar-refractivity contribution is 7.89. The topological polar surface area (TPSA) is 78.0 Å². The van der Waals surface area contributed by atoms with Crippen molar-refractivity contribution in [3.05, 3.63) is 66.0 Å². The van der Waals surface area contributed by atoms with Gasteiger partial charge < -0.3 is 0 Å². The summed E-state index contributed by atoms with van der Waals surface area (Å²) in [5.74, 6) is 0. The van der Waals surface area contributed by atoms with Crippen molar-refractivity contribution in [2.24, 2.45) is 5.14 Å². The number of nitrogens with zero attached hydrogens (tertiary/aromatic N) is 2. The van der Waals surface area contributed by atoms with E-state index in [0.717, 1.165) is 22.4 Å². The largest absolute Gasteiger partial charge is 0.418 e. The van der Waals surface area contributed by atoms with Gasteiger partial charge in [0.1, 0.15) is 4.90 Å². The van der Waals surface area contributed by atoms with Crippen LogP contribution in [0.4, 0.5) is 13.2 Å². The van der Waals surface area contributed by atoms with Crippen molar-refractivity contribution >= 4 is 10.0 Å². The van der Waals surface area contributed by atoms with E-state index in [9.17, 15) is 21.6 Å². The molecule has 0 aliphatic heterocycles. The molecule has 2 aromatic carbocycles. The first-order valence-corrected chi connectivity index (χ1v) is 8.97. The monoisotopic (exact) mass is 381 g/mol. The molecule has 26 heavy (non-hydrogen) atoms. The molecule has 0 fully saturated rings. The number of rotatable bonds is 3. The quantitative estimate of drug-likeness (QED) is 0.754. The lowest BCUT2D eigenvalue weighted by atomic mass is 10.00. The number of alkyl halides is 3. The third-order valence-electron chi connectivity index (χ3n) is 3.77. The first-order chi connectivity index (χ1) is 12.1. The highest BCUT2D eigenvalue weighted by Crippen LogP contribution is 2.39. The molecule has 0 spiro atoms. The summed E-state index contributed by atoms with van der Waals surface area (Å²) in [4.78, 5) is -0.646. The first-order valence-electron chi connectivity index (χ1n) is 7.42. The van der Waals surface area contributed by atoms with Gasteiger partial charge in [-0.1, -0.05) is 29.8 Å². The van der Waals surface area contributed by atoms with Gasteiger partial charge in [-0.2, -0.15) is 18.3 Å². The maximum atomic E-state index is 13.7. The number of aryl methyl sites for hydroxylation is 1. The van der Waals surface area contributed by atoms with Gasteiger partial charge in [0.05, 0.1) is 11.3 Å². The molecular formula is C17H14F3N3O2S. The number of aromatic nitrogens is 2. The molecule has 1 aromatic heterocycles. The fraction of sp³-hybridized carbons (Fsp3) is 0.118. The lowest BCUT2D eigenvalue weighted by Crippen LogP contribution is -2.20. The molecule has 9 heteroatoms. The van der Waals surface area contributed by atoms with Gasteiger partial charge in [-0.15, -0.1) is 0 Å². The van der Waals surface area contributed by atoms with E-state index in [4.69, 9.17) is 5.14 Å². The van der Waals surface area contributed by atoms with E-state index in [1.54, 1.807) is 31.2 Å². The van der Waals surface area contributed by atoms with Gasteiger partial charge in [0, 0.05) is 12.4 Å². The van der Waals surface area contributed by atoms with Crippen LogP contribution in [0.15, 0.2) is 59.8 Å². The molecule has 0 radical (unpaired) electrons. The van der Waals surface area contributed by atoms with Crippen LogP contribution in [0.1, 0.15) is 11.1 Å². The molecule has 1 heterocycles. The summed E-state index contributed by atoms with van der Waals surface area (Å²) in [6.07, 6.45) is -2.33. The standard InChI is InChI=1S/C17H14F3N3O2S/c1-11-4-2-5-12(8-11)13-9-14(17(18,19)20)16(23-7-3-6-22-23)15(10-13)26(21,24)25/h2-10H,1H3,(H2,21,24,25). The van der Waals surface area contributed by atoms with Crippen LogP contribution in [0, 0.1) is 6.92 Å². The second kappa shape index (κ2) is 6.26. The van der Waals surface area contributed by atoms with Gasteiger partial charge in [-0.05, 0) is 36.2 Å². The number of primary sulfonamides is 1. The van der Waals surface area contributed by atoms with Crippen LogP contribution < -0.4 is 5.14 Å². The Morgan fingerprint density at radius 2 is 1.81 bits per heavy atom. The Balaban J connectivity index is 2.42. The number of nitrogens with two attached hydrogens (primary N) is 1. The molecule has 0 atom stereocenters. The summed E-state index contributed by atoms with van der Waals surface area (Å²) >= 11 is 0. The maximum absolute atomic E-state index is 13.7. The average molecular weight is 381 g/mol. The van der Waals surface area contributed by atoms with Gasteiger partial charge in [0.15, 0.2) is 0 Å².